The van der Waals surface area contributed by atoms with Crippen LogP contribution in [0.1, 0.15) is 43.9 Å². The van der Waals surface area contributed by atoms with Gasteiger partial charge in [0.1, 0.15) is 6.04 Å². The van der Waals surface area contributed by atoms with Crippen LogP contribution in [0, 0.1) is 6.92 Å². The van der Waals surface area contributed by atoms with Crippen LogP contribution in [-0.4, -0.2) is 34.2 Å². The van der Waals surface area contributed by atoms with Gasteiger partial charge in [0, 0.05) is 19.3 Å². The van der Waals surface area contributed by atoms with Gasteiger partial charge in [-0.2, -0.15) is 4.98 Å². The Morgan fingerprint density at radius 3 is 2.83 bits per heavy atom. The van der Waals surface area contributed by atoms with Gasteiger partial charge in [-0.3, -0.25) is 0 Å². The fourth-order valence-electron chi connectivity index (χ4n) is 2.76. The van der Waals surface area contributed by atoms with Crippen molar-refractivity contribution in [1.82, 2.24) is 20.4 Å². The van der Waals surface area contributed by atoms with E-state index in [1.807, 2.05) is 12.1 Å². The molecule has 24 heavy (non-hydrogen) atoms. The first kappa shape index (κ1) is 16.2. The van der Waals surface area contributed by atoms with Gasteiger partial charge in [-0.1, -0.05) is 5.16 Å². The van der Waals surface area contributed by atoms with Gasteiger partial charge in [0.25, 0.3) is 0 Å². The highest BCUT2D eigenvalue weighted by Gasteiger charge is 2.19. The second kappa shape index (κ2) is 7.29. The number of hydrogen-bond donors (Lipinski definition) is 2. The third kappa shape index (κ3) is 3.81. The lowest BCUT2D eigenvalue weighted by Gasteiger charge is -2.29. The smallest absolute Gasteiger partial charge is 0.319 e. The van der Waals surface area contributed by atoms with Gasteiger partial charge in [0.05, 0.1) is 5.69 Å². The number of piperidine rings is 1. The Balaban J connectivity index is 1.66. The zero-order valence-electron chi connectivity index (χ0n) is 14.0. The molecule has 2 aromatic heterocycles. The number of pyridine rings is 1. The number of carbonyl (C=O) groups excluding carboxylic acids is 1. The van der Waals surface area contributed by atoms with Crippen molar-refractivity contribution in [3.05, 3.63) is 30.0 Å². The van der Waals surface area contributed by atoms with Gasteiger partial charge < -0.3 is 20.1 Å². The van der Waals surface area contributed by atoms with E-state index in [0.29, 0.717) is 17.4 Å². The molecule has 128 valence electrons. The molecule has 0 saturated carbocycles. The standard InChI is InChI=1S/C16H22N6O2/c1-11(15-19-12(2)21-24-15)18-16(23)20-13-7-6-8-17-14(13)22-9-4-3-5-10-22/h6-8,11H,3-5,9-10H2,1-2H3,(H2,18,20,23). The maximum Gasteiger partial charge on any atom is 0.319 e. The van der Waals surface area contributed by atoms with Crippen molar-refractivity contribution in [1.29, 1.82) is 0 Å². The largest absolute Gasteiger partial charge is 0.355 e. The van der Waals surface area contributed by atoms with Crippen LogP contribution in [0.2, 0.25) is 0 Å². The highest BCUT2D eigenvalue weighted by atomic mass is 16.5. The van der Waals surface area contributed by atoms with Crippen molar-refractivity contribution >= 4 is 17.5 Å². The number of aromatic nitrogens is 3. The first-order chi connectivity index (χ1) is 11.6. The fourth-order valence-corrected chi connectivity index (χ4v) is 2.76. The van der Waals surface area contributed by atoms with E-state index < -0.39 is 0 Å². The molecule has 1 aliphatic rings. The van der Waals surface area contributed by atoms with Crippen LogP contribution in [0.25, 0.3) is 0 Å². The molecule has 1 aliphatic heterocycles. The van der Waals surface area contributed by atoms with Crippen LogP contribution in [0.15, 0.2) is 22.9 Å². The molecule has 3 rings (SSSR count). The number of nitrogens with zero attached hydrogens (tertiary/aromatic N) is 4. The fraction of sp³-hybridized carbons (Fsp3) is 0.500. The summed E-state index contributed by atoms with van der Waals surface area (Å²) in [5.74, 6) is 1.73. The van der Waals surface area contributed by atoms with E-state index in [-0.39, 0.29) is 12.1 Å². The number of rotatable bonds is 4. The van der Waals surface area contributed by atoms with Crippen LogP contribution in [0.4, 0.5) is 16.3 Å². The molecule has 1 atom stereocenters. The number of amides is 2. The summed E-state index contributed by atoms with van der Waals surface area (Å²) in [5, 5.41) is 9.40. The van der Waals surface area contributed by atoms with Gasteiger partial charge in [0.15, 0.2) is 11.6 Å². The maximum absolute atomic E-state index is 12.3. The number of urea groups is 1. The van der Waals surface area contributed by atoms with Gasteiger partial charge in [-0.25, -0.2) is 9.78 Å². The van der Waals surface area contributed by atoms with Gasteiger partial charge in [-0.15, -0.1) is 0 Å². The van der Waals surface area contributed by atoms with E-state index in [0.717, 1.165) is 31.7 Å². The summed E-state index contributed by atoms with van der Waals surface area (Å²) in [5.41, 5.74) is 0.700. The molecular formula is C16H22N6O2. The average Bonchev–Trinajstić information content (AvgIpc) is 3.03. The molecule has 8 nitrogen and oxygen atoms in total. The molecule has 1 saturated heterocycles. The number of aryl methyl sites for hydroxylation is 1. The molecule has 1 unspecified atom stereocenters. The summed E-state index contributed by atoms with van der Waals surface area (Å²) >= 11 is 0. The molecule has 0 bridgehead atoms. The zero-order valence-corrected chi connectivity index (χ0v) is 14.0. The average molecular weight is 330 g/mol. The first-order valence-corrected chi connectivity index (χ1v) is 8.21. The molecule has 1 fully saturated rings. The monoisotopic (exact) mass is 330 g/mol. The maximum atomic E-state index is 12.3. The Morgan fingerprint density at radius 2 is 2.12 bits per heavy atom. The predicted octanol–water partition coefficient (Wildman–Crippen LogP) is 2.65. The topological polar surface area (TPSA) is 96.2 Å². The zero-order chi connectivity index (χ0) is 16.9. The summed E-state index contributed by atoms with van der Waals surface area (Å²) in [6.45, 7) is 5.46. The minimum Gasteiger partial charge on any atom is -0.355 e. The van der Waals surface area contributed by atoms with Crippen LogP contribution in [0.3, 0.4) is 0 Å². The number of anilines is 2. The van der Waals surface area contributed by atoms with Crippen molar-refractivity contribution in [2.75, 3.05) is 23.3 Å². The molecule has 3 heterocycles. The quantitative estimate of drug-likeness (QED) is 0.894. The predicted molar refractivity (Wildman–Crippen MR) is 89.9 cm³/mol. The second-order valence-electron chi connectivity index (χ2n) is 5.92. The molecule has 0 spiro atoms. The third-order valence-corrected chi connectivity index (χ3v) is 3.95. The van der Waals surface area contributed by atoms with Crippen molar-refractivity contribution in [2.45, 2.75) is 39.2 Å². The minimum absolute atomic E-state index is 0.329. The first-order valence-electron chi connectivity index (χ1n) is 8.21. The van der Waals surface area contributed by atoms with E-state index in [4.69, 9.17) is 4.52 Å². The number of carbonyl (C=O) groups is 1. The van der Waals surface area contributed by atoms with Crippen molar-refractivity contribution in [3.63, 3.8) is 0 Å². The Bertz CT molecular complexity index is 695. The van der Waals surface area contributed by atoms with E-state index >= 15 is 0 Å². The van der Waals surface area contributed by atoms with Crippen LogP contribution < -0.4 is 15.5 Å². The van der Waals surface area contributed by atoms with Gasteiger partial charge in [0.2, 0.25) is 5.89 Å². The molecular weight excluding hydrogens is 308 g/mol. The Hall–Kier alpha value is -2.64. The van der Waals surface area contributed by atoms with E-state index in [1.165, 1.54) is 6.42 Å². The lowest BCUT2D eigenvalue weighted by Crippen LogP contribution is -2.34. The van der Waals surface area contributed by atoms with E-state index in [2.05, 4.69) is 30.7 Å². The summed E-state index contributed by atoms with van der Waals surface area (Å²) in [7, 11) is 0. The van der Waals surface area contributed by atoms with E-state index in [1.54, 1.807) is 20.0 Å². The molecule has 2 amide bonds. The second-order valence-corrected chi connectivity index (χ2v) is 5.92. The van der Waals surface area contributed by atoms with Crippen molar-refractivity contribution < 1.29 is 9.32 Å². The van der Waals surface area contributed by atoms with Gasteiger partial charge >= 0.3 is 6.03 Å². The summed E-state index contributed by atoms with van der Waals surface area (Å²) in [4.78, 5) is 23.1. The van der Waals surface area contributed by atoms with Crippen LogP contribution >= 0.6 is 0 Å². The Morgan fingerprint density at radius 1 is 1.33 bits per heavy atom. The Kier molecular flexibility index (Phi) is 4.93. The molecule has 0 radical (unpaired) electrons. The number of hydrogen-bond acceptors (Lipinski definition) is 6. The molecule has 0 aromatic carbocycles. The molecule has 2 N–H and O–H groups in total. The van der Waals surface area contributed by atoms with Crippen molar-refractivity contribution in [3.8, 4) is 0 Å². The highest BCUT2D eigenvalue weighted by molar-refractivity contribution is 5.92. The summed E-state index contributed by atoms with van der Waals surface area (Å²) in [6.07, 6.45) is 5.29. The lowest BCUT2D eigenvalue weighted by molar-refractivity contribution is 0.245. The molecule has 8 heteroatoms. The molecule has 0 aliphatic carbocycles. The van der Waals surface area contributed by atoms with E-state index in [9.17, 15) is 4.79 Å². The number of nitrogens with one attached hydrogen (secondary N) is 2. The van der Waals surface area contributed by atoms with Crippen molar-refractivity contribution in [2.24, 2.45) is 0 Å². The van der Waals surface area contributed by atoms with Gasteiger partial charge in [-0.05, 0) is 45.2 Å². The lowest BCUT2D eigenvalue weighted by atomic mass is 10.1. The minimum atomic E-state index is -0.374. The van der Waals surface area contributed by atoms with Crippen LogP contribution in [-0.2, 0) is 0 Å². The van der Waals surface area contributed by atoms with Crippen LogP contribution in [0.5, 0.6) is 0 Å². The molecule has 2 aromatic rings. The summed E-state index contributed by atoms with van der Waals surface area (Å²) < 4.78 is 5.07. The summed E-state index contributed by atoms with van der Waals surface area (Å²) in [6, 6.07) is 2.97. The highest BCUT2D eigenvalue weighted by Crippen LogP contribution is 2.25. The third-order valence-electron chi connectivity index (χ3n) is 3.95. The Labute approximate surface area is 140 Å². The SMILES string of the molecule is Cc1noc(C(C)NC(=O)Nc2cccnc2N2CCCCC2)n1. The normalized spacial score (nSPS) is 15.8.